The smallest absolute Gasteiger partial charge is 0.166 e. The molecule has 2 aliphatic carbocycles. The van der Waals surface area contributed by atoms with Crippen LogP contribution < -0.4 is 0 Å². The first-order chi connectivity index (χ1) is 21.0. The van der Waals surface area contributed by atoms with E-state index in [1.54, 1.807) is 0 Å². The number of hydrogen-bond acceptors (Lipinski definition) is 0. The minimum Gasteiger partial charge on any atom is -0.166 e. The summed E-state index contributed by atoms with van der Waals surface area (Å²) >= 11 is 0. The van der Waals surface area contributed by atoms with Gasteiger partial charge in [0.05, 0.1) is 11.1 Å². The Morgan fingerprint density at radius 2 is 0.841 bits per heavy atom. The van der Waals surface area contributed by atoms with Crippen molar-refractivity contribution < 1.29 is 26.3 Å². The molecule has 4 aromatic rings. The van der Waals surface area contributed by atoms with E-state index in [0.29, 0.717) is 0 Å². The number of halogens is 6. The zero-order valence-corrected chi connectivity index (χ0v) is 24.3. The van der Waals surface area contributed by atoms with Gasteiger partial charge < -0.3 is 0 Å². The number of alkyl halides is 6. The zero-order chi connectivity index (χ0) is 31.2. The largest absolute Gasteiger partial charge is 0.416 e. The third-order valence-electron chi connectivity index (χ3n) is 8.66. The predicted molar refractivity (Wildman–Crippen MR) is 164 cm³/mol. The van der Waals surface area contributed by atoms with E-state index in [1.807, 2.05) is 36.4 Å². The standard InChI is InChI=1S/C38H30F6/c1-3-23-21-27-7-5-9-31(25-11-15-29(16-12-25)37(39,40)41)35(27)33(23)19-20-34-24(4-2)22-28-8-6-10-32(36(28)34)26-13-17-30(18-14-26)38(42,43)44/h5-18,21-22H,3-4,19-20H2,1-2H3. The van der Waals surface area contributed by atoms with E-state index in [9.17, 15) is 26.3 Å². The van der Waals surface area contributed by atoms with Gasteiger partial charge >= 0.3 is 12.4 Å². The highest BCUT2D eigenvalue weighted by molar-refractivity contribution is 5.93. The topological polar surface area (TPSA) is 0 Å². The van der Waals surface area contributed by atoms with E-state index in [1.165, 1.54) is 46.6 Å². The molecule has 44 heavy (non-hydrogen) atoms. The maximum Gasteiger partial charge on any atom is 0.416 e. The molecule has 224 valence electrons. The molecule has 0 heterocycles. The lowest BCUT2D eigenvalue weighted by Gasteiger charge is -2.17. The molecule has 0 nitrogen and oxygen atoms in total. The summed E-state index contributed by atoms with van der Waals surface area (Å²) in [6.45, 7) is 4.21. The van der Waals surface area contributed by atoms with Crippen LogP contribution >= 0.6 is 0 Å². The van der Waals surface area contributed by atoms with Crippen molar-refractivity contribution in [1.29, 1.82) is 0 Å². The molecule has 0 aromatic heterocycles. The SMILES string of the molecule is CCC1=C(CCC2=C(CC)[CH]c3cccc(-c4ccc(C(F)(F)F)cc4)c32)c2c(cccc2-c2ccc(C(F)(F)F)cc2)[CH]1. The number of rotatable bonds is 7. The molecular weight excluding hydrogens is 570 g/mol. The molecule has 0 unspecified atom stereocenters. The quantitative estimate of drug-likeness (QED) is 0.185. The summed E-state index contributed by atoms with van der Waals surface area (Å²) in [6, 6.07) is 22.6. The Labute approximate surface area is 253 Å². The van der Waals surface area contributed by atoms with Gasteiger partial charge in [-0.3, -0.25) is 0 Å². The zero-order valence-electron chi connectivity index (χ0n) is 24.3. The van der Waals surface area contributed by atoms with Gasteiger partial charge in [-0.05, 0) is 106 Å². The Bertz CT molecular complexity index is 1630. The number of hydrogen-bond donors (Lipinski definition) is 0. The first kappa shape index (κ1) is 30.0. The summed E-state index contributed by atoms with van der Waals surface area (Å²) in [6.07, 6.45) is -1.37. The van der Waals surface area contributed by atoms with E-state index in [0.717, 1.165) is 94.5 Å². The Morgan fingerprint density at radius 3 is 1.16 bits per heavy atom. The van der Waals surface area contributed by atoms with Gasteiger partial charge in [0, 0.05) is 12.8 Å². The second-order valence-corrected chi connectivity index (χ2v) is 11.2. The van der Waals surface area contributed by atoms with Crippen LogP contribution in [-0.4, -0.2) is 0 Å². The average molecular weight is 601 g/mol. The molecule has 2 radical (unpaired) electrons. The van der Waals surface area contributed by atoms with E-state index in [4.69, 9.17) is 0 Å². The average Bonchev–Trinajstić information content (AvgIpc) is 3.56. The molecule has 0 N–H and O–H groups in total. The van der Waals surface area contributed by atoms with E-state index >= 15 is 0 Å². The summed E-state index contributed by atoms with van der Waals surface area (Å²) < 4.78 is 79.5. The van der Waals surface area contributed by atoms with Gasteiger partial charge in [-0.25, -0.2) is 0 Å². The fourth-order valence-corrected chi connectivity index (χ4v) is 6.54. The number of allylic oxidation sites excluding steroid dienone is 4. The first-order valence-corrected chi connectivity index (χ1v) is 14.7. The van der Waals surface area contributed by atoms with Crippen LogP contribution in [0.2, 0.25) is 0 Å². The molecule has 0 aliphatic heterocycles. The van der Waals surface area contributed by atoms with Crippen LogP contribution in [-0.2, 0) is 12.4 Å². The number of fused-ring (bicyclic) bond motifs is 2. The van der Waals surface area contributed by atoms with Crippen molar-refractivity contribution in [1.82, 2.24) is 0 Å². The highest BCUT2D eigenvalue weighted by Gasteiger charge is 2.32. The Balaban J connectivity index is 1.36. The van der Waals surface area contributed by atoms with Crippen molar-refractivity contribution in [3.8, 4) is 22.3 Å². The lowest BCUT2D eigenvalue weighted by molar-refractivity contribution is -0.138. The van der Waals surface area contributed by atoms with Crippen molar-refractivity contribution in [2.75, 3.05) is 0 Å². The molecular formula is C38H30F6. The van der Waals surface area contributed by atoms with Gasteiger partial charge in [0.15, 0.2) is 0 Å². The normalized spacial score (nSPS) is 14.8. The minimum atomic E-state index is -4.40. The van der Waals surface area contributed by atoms with Gasteiger partial charge in [0.25, 0.3) is 0 Å². The fraction of sp³-hybridized carbons (Fsp3) is 0.211. The minimum absolute atomic E-state index is 0.676. The van der Waals surface area contributed by atoms with E-state index in [-0.39, 0.29) is 0 Å². The summed E-state index contributed by atoms with van der Waals surface area (Å²) in [5, 5.41) is 0. The van der Waals surface area contributed by atoms with Crippen molar-refractivity contribution in [3.05, 3.63) is 142 Å². The van der Waals surface area contributed by atoms with Crippen molar-refractivity contribution in [2.24, 2.45) is 0 Å². The van der Waals surface area contributed by atoms with E-state index < -0.39 is 23.5 Å². The molecule has 6 heteroatoms. The van der Waals surface area contributed by atoms with E-state index in [2.05, 4.69) is 26.7 Å². The van der Waals surface area contributed by atoms with Crippen LogP contribution in [0.5, 0.6) is 0 Å². The lowest BCUT2D eigenvalue weighted by atomic mass is 9.87. The Morgan fingerprint density at radius 1 is 0.477 bits per heavy atom. The molecule has 6 rings (SSSR count). The molecule has 0 bridgehead atoms. The van der Waals surface area contributed by atoms with Crippen LogP contribution in [0.25, 0.3) is 33.4 Å². The van der Waals surface area contributed by atoms with Crippen LogP contribution in [0.3, 0.4) is 0 Å². The molecule has 0 amide bonds. The van der Waals surface area contributed by atoms with Crippen molar-refractivity contribution in [2.45, 2.75) is 51.9 Å². The van der Waals surface area contributed by atoms with Gasteiger partial charge in [-0.1, -0.05) is 85.7 Å². The molecule has 0 saturated carbocycles. The van der Waals surface area contributed by atoms with Crippen molar-refractivity contribution in [3.63, 3.8) is 0 Å². The first-order valence-electron chi connectivity index (χ1n) is 14.7. The molecule has 0 fully saturated rings. The molecule has 2 aliphatic rings. The van der Waals surface area contributed by atoms with Crippen LogP contribution in [0, 0.1) is 12.8 Å². The summed E-state index contributed by atoms with van der Waals surface area (Å²) in [7, 11) is 0. The second-order valence-electron chi connectivity index (χ2n) is 11.2. The van der Waals surface area contributed by atoms with Crippen LogP contribution in [0.15, 0.2) is 96.1 Å². The second kappa shape index (κ2) is 11.5. The van der Waals surface area contributed by atoms with Crippen LogP contribution in [0.1, 0.15) is 72.9 Å². The summed E-state index contributed by atoms with van der Waals surface area (Å²) in [5.74, 6) is 0. The third-order valence-corrected chi connectivity index (χ3v) is 8.66. The molecule has 4 aromatic carbocycles. The Kier molecular flexibility index (Phi) is 7.81. The fourth-order valence-electron chi connectivity index (χ4n) is 6.54. The molecule has 0 spiro atoms. The summed E-state index contributed by atoms with van der Waals surface area (Å²) in [4.78, 5) is 0. The van der Waals surface area contributed by atoms with Gasteiger partial charge in [-0.2, -0.15) is 26.3 Å². The number of benzene rings is 4. The maximum absolute atomic E-state index is 13.3. The van der Waals surface area contributed by atoms with Gasteiger partial charge in [0.1, 0.15) is 0 Å². The van der Waals surface area contributed by atoms with Gasteiger partial charge in [-0.15, -0.1) is 0 Å². The van der Waals surface area contributed by atoms with Gasteiger partial charge in [0.2, 0.25) is 0 Å². The summed E-state index contributed by atoms with van der Waals surface area (Å²) in [5.41, 5.74) is 10.9. The third kappa shape index (κ3) is 5.51. The lowest BCUT2D eigenvalue weighted by Crippen LogP contribution is -2.04. The highest BCUT2D eigenvalue weighted by Crippen LogP contribution is 2.48. The Hall–Kier alpha value is -4.06. The molecule has 0 saturated heterocycles. The van der Waals surface area contributed by atoms with Crippen LogP contribution in [0.4, 0.5) is 26.3 Å². The predicted octanol–water partition coefficient (Wildman–Crippen LogP) is 12.0. The highest BCUT2D eigenvalue weighted by atomic mass is 19.4. The maximum atomic E-state index is 13.3. The molecule has 0 atom stereocenters. The van der Waals surface area contributed by atoms with Crippen molar-refractivity contribution >= 4 is 11.1 Å². The monoisotopic (exact) mass is 600 g/mol.